The van der Waals surface area contributed by atoms with E-state index in [-0.39, 0.29) is 18.5 Å². The smallest absolute Gasteiger partial charge is 0.310 e. The molecule has 0 fully saturated rings. The largest absolute Gasteiger partial charge is 0.497 e. The molecule has 0 bridgehead atoms. The summed E-state index contributed by atoms with van der Waals surface area (Å²) in [5, 5.41) is 0. The molecule has 1 aliphatic rings. The molecule has 5 heteroatoms. The van der Waals surface area contributed by atoms with E-state index in [1.807, 2.05) is 18.2 Å². The molecule has 0 heterocycles. The van der Waals surface area contributed by atoms with Crippen molar-refractivity contribution in [2.75, 3.05) is 13.7 Å². The summed E-state index contributed by atoms with van der Waals surface area (Å²) in [6, 6.07) is 11.9. The Morgan fingerprint density at radius 1 is 1.24 bits per heavy atom. The van der Waals surface area contributed by atoms with Crippen molar-refractivity contribution < 1.29 is 19.0 Å². The first kappa shape index (κ1) is 17.8. The first-order valence-corrected chi connectivity index (χ1v) is 9.17. The van der Waals surface area contributed by atoms with Gasteiger partial charge in [0.2, 0.25) is 0 Å². The molecule has 0 spiro atoms. The summed E-state index contributed by atoms with van der Waals surface area (Å²) in [6.07, 6.45) is 2.08. The Balaban J connectivity index is 1.85. The van der Waals surface area contributed by atoms with Gasteiger partial charge < -0.3 is 14.2 Å². The monoisotopic (exact) mass is 404 g/mol. The third kappa shape index (κ3) is 4.15. The zero-order valence-corrected chi connectivity index (χ0v) is 16.0. The minimum absolute atomic E-state index is 0.0122. The van der Waals surface area contributed by atoms with E-state index in [0.29, 0.717) is 18.1 Å². The summed E-state index contributed by atoms with van der Waals surface area (Å²) >= 11 is 3.53. The average molecular weight is 405 g/mol. The molecule has 4 nitrogen and oxygen atoms in total. The number of aryl methyl sites for hydroxylation is 1. The molecule has 0 saturated heterocycles. The molecule has 0 aliphatic heterocycles. The van der Waals surface area contributed by atoms with Gasteiger partial charge in [-0.15, -0.1) is 0 Å². The van der Waals surface area contributed by atoms with Gasteiger partial charge in [0.25, 0.3) is 0 Å². The molecular weight excluding hydrogens is 384 g/mol. The van der Waals surface area contributed by atoms with Gasteiger partial charge in [0.05, 0.1) is 20.1 Å². The fourth-order valence-electron chi connectivity index (χ4n) is 3.11. The van der Waals surface area contributed by atoms with Crippen molar-refractivity contribution in [1.82, 2.24) is 0 Å². The number of esters is 1. The fraction of sp³-hybridized carbons (Fsp3) is 0.350. The van der Waals surface area contributed by atoms with Gasteiger partial charge in [-0.3, -0.25) is 4.79 Å². The Morgan fingerprint density at radius 2 is 2.08 bits per heavy atom. The number of hydrogen-bond donors (Lipinski definition) is 0. The molecule has 25 heavy (non-hydrogen) atoms. The summed E-state index contributed by atoms with van der Waals surface area (Å²) in [6.45, 7) is 2.16. The van der Waals surface area contributed by atoms with Crippen molar-refractivity contribution in [2.45, 2.75) is 32.3 Å². The standard InChI is InChI=1S/C20H21BrO4/c1-3-24-20(22)11-14-10-16(23-2)7-9-18(14)25-19-8-5-13-4-6-15(21)12-17(13)19/h4,6-7,9-10,12,19H,3,5,8,11H2,1-2H3/t19-/m1/s1. The molecule has 132 valence electrons. The van der Waals surface area contributed by atoms with Crippen molar-refractivity contribution in [3.63, 3.8) is 0 Å². The van der Waals surface area contributed by atoms with Crippen LogP contribution in [0.1, 0.15) is 36.1 Å². The molecular formula is C20H21BrO4. The lowest BCUT2D eigenvalue weighted by atomic mass is 10.1. The minimum atomic E-state index is -0.268. The topological polar surface area (TPSA) is 44.8 Å². The van der Waals surface area contributed by atoms with Crippen LogP contribution in [-0.4, -0.2) is 19.7 Å². The van der Waals surface area contributed by atoms with Gasteiger partial charge in [-0.05, 0) is 61.2 Å². The van der Waals surface area contributed by atoms with Crippen molar-refractivity contribution in [3.05, 3.63) is 57.6 Å². The molecule has 0 radical (unpaired) electrons. The van der Waals surface area contributed by atoms with E-state index in [9.17, 15) is 4.79 Å². The minimum Gasteiger partial charge on any atom is -0.497 e. The summed E-state index contributed by atoms with van der Waals surface area (Å²) in [5.74, 6) is 1.13. The van der Waals surface area contributed by atoms with Gasteiger partial charge in [-0.2, -0.15) is 0 Å². The number of rotatable bonds is 6. The summed E-state index contributed by atoms with van der Waals surface area (Å²) in [7, 11) is 1.61. The van der Waals surface area contributed by atoms with Gasteiger partial charge >= 0.3 is 5.97 Å². The molecule has 1 aliphatic carbocycles. The molecule has 1 atom stereocenters. The third-order valence-electron chi connectivity index (χ3n) is 4.31. The van der Waals surface area contributed by atoms with Gasteiger partial charge in [0, 0.05) is 10.0 Å². The Morgan fingerprint density at radius 3 is 2.84 bits per heavy atom. The zero-order chi connectivity index (χ0) is 17.8. The highest BCUT2D eigenvalue weighted by atomic mass is 79.9. The maximum Gasteiger partial charge on any atom is 0.310 e. The van der Waals surface area contributed by atoms with Crippen molar-refractivity contribution in [2.24, 2.45) is 0 Å². The number of carbonyl (C=O) groups excluding carboxylic acids is 1. The summed E-state index contributed by atoms with van der Waals surface area (Å²) < 4.78 is 17.7. The third-order valence-corrected chi connectivity index (χ3v) is 4.80. The summed E-state index contributed by atoms with van der Waals surface area (Å²) in [5.41, 5.74) is 3.29. The van der Waals surface area contributed by atoms with Crippen LogP contribution in [0.15, 0.2) is 40.9 Å². The van der Waals surface area contributed by atoms with E-state index in [2.05, 4.69) is 34.1 Å². The van der Waals surface area contributed by atoms with Gasteiger partial charge in [0.1, 0.15) is 17.6 Å². The molecule has 0 aromatic heterocycles. The first-order chi connectivity index (χ1) is 12.1. The van der Waals surface area contributed by atoms with Crippen molar-refractivity contribution in [1.29, 1.82) is 0 Å². The van der Waals surface area contributed by atoms with E-state index in [1.54, 1.807) is 14.0 Å². The van der Waals surface area contributed by atoms with Crippen LogP contribution >= 0.6 is 15.9 Å². The van der Waals surface area contributed by atoms with E-state index in [4.69, 9.17) is 14.2 Å². The zero-order valence-electron chi connectivity index (χ0n) is 14.4. The van der Waals surface area contributed by atoms with Crippen LogP contribution in [0.3, 0.4) is 0 Å². The second-order valence-electron chi connectivity index (χ2n) is 5.94. The van der Waals surface area contributed by atoms with Crippen LogP contribution in [-0.2, 0) is 22.4 Å². The number of halogens is 1. The molecule has 3 rings (SSSR count). The van der Waals surface area contributed by atoms with E-state index in [0.717, 1.165) is 22.9 Å². The second kappa shape index (κ2) is 7.91. The van der Waals surface area contributed by atoms with E-state index in [1.165, 1.54) is 11.1 Å². The second-order valence-corrected chi connectivity index (χ2v) is 6.86. The summed E-state index contributed by atoms with van der Waals surface area (Å²) in [4.78, 5) is 11.9. The maximum atomic E-state index is 11.9. The normalized spacial score (nSPS) is 15.6. The predicted molar refractivity (Wildman–Crippen MR) is 99.2 cm³/mol. The van der Waals surface area contributed by atoms with Crippen LogP contribution in [0.4, 0.5) is 0 Å². The van der Waals surface area contributed by atoms with Crippen LogP contribution in [0.25, 0.3) is 0 Å². The van der Waals surface area contributed by atoms with Gasteiger partial charge in [0.15, 0.2) is 0 Å². The van der Waals surface area contributed by atoms with Crippen LogP contribution in [0.2, 0.25) is 0 Å². The van der Waals surface area contributed by atoms with Gasteiger partial charge in [-0.1, -0.05) is 22.0 Å². The fourth-order valence-corrected chi connectivity index (χ4v) is 3.49. The lowest BCUT2D eigenvalue weighted by Crippen LogP contribution is -2.11. The Bertz CT molecular complexity index is 772. The van der Waals surface area contributed by atoms with Crippen molar-refractivity contribution in [3.8, 4) is 11.5 Å². The number of methoxy groups -OCH3 is 1. The number of carbonyl (C=O) groups is 1. The van der Waals surface area contributed by atoms with Gasteiger partial charge in [-0.25, -0.2) is 0 Å². The molecule has 0 unspecified atom stereocenters. The highest BCUT2D eigenvalue weighted by Crippen LogP contribution is 2.38. The highest BCUT2D eigenvalue weighted by molar-refractivity contribution is 9.10. The van der Waals surface area contributed by atoms with E-state index < -0.39 is 0 Å². The Hall–Kier alpha value is -2.01. The van der Waals surface area contributed by atoms with E-state index >= 15 is 0 Å². The molecule has 2 aromatic carbocycles. The Kier molecular flexibility index (Phi) is 5.63. The number of hydrogen-bond acceptors (Lipinski definition) is 4. The number of ether oxygens (including phenoxy) is 3. The quantitative estimate of drug-likeness (QED) is 0.658. The van der Waals surface area contributed by atoms with Crippen LogP contribution in [0, 0.1) is 0 Å². The van der Waals surface area contributed by atoms with Crippen LogP contribution in [0.5, 0.6) is 11.5 Å². The SMILES string of the molecule is CCOC(=O)Cc1cc(OC)ccc1O[C@@H]1CCc2ccc(Br)cc21. The Labute approximate surface area is 156 Å². The number of benzene rings is 2. The molecule has 0 amide bonds. The molecule has 2 aromatic rings. The molecule has 0 N–H and O–H groups in total. The predicted octanol–water partition coefficient (Wildman–Crippen LogP) is 4.63. The van der Waals surface area contributed by atoms with Crippen LogP contribution < -0.4 is 9.47 Å². The molecule has 0 saturated carbocycles. The van der Waals surface area contributed by atoms with Crippen molar-refractivity contribution >= 4 is 21.9 Å². The lowest BCUT2D eigenvalue weighted by Gasteiger charge is -2.18. The average Bonchev–Trinajstić information content (AvgIpc) is 2.98. The first-order valence-electron chi connectivity index (χ1n) is 8.38. The highest BCUT2D eigenvalue weighted by Gasteiger charge is 2.25. The lowest BCUT2D eigenvalue weighted by molar-refractivity contribution is -0.142. The maximum absolute atomic E-state index is 11.9. The number of fused-ring (bicyclic) bond motifs is 1.